The summed E-state index contributed by atoms with van der Waals surface area (Å²) in [6, 6.07) is 9.44. The molecule has 1 aliphatic rings. The fraction of sp³-hybridized carbons (Fsp3) is 0.444. The SMILES string of the molecule is Cc1cc2cnn(CCCC(C)(C)[Si](C)(C)O)c2cc1NC(=O)N/N=C1/COC[C@@H](c2ccc(F)cc2)N1. The lowest BCUT2D eigenvalue weighted by molar-refractivity contribution is 0.128. The summed E-state index contributed by atoms with van der Waals surface area (Å²) in [6.45, 7) is 11.5. The van der Waals surface area contributed by atoms with Gasteiger partial charge in [-0.1, -0.05) is 26.0 Å². The lowest BCUT2D eigenvalue weighted by Gasteiger charge is -2.35. The number of urea groups is 1. The third-order valence-corrected chi connectivity index (χ3v) is 11.1. The van der Waals surface area contributed by atoms with Crippen LogP contribution in [0, 0.1) is 12.7 Å². The second-order valence-corrected chi connectivity index (χ2v) is 15.5. The van der Waals surface area contributed by atoms with Crippen LogP contribution in [0.25, 0.3) is 10.9 Å². The van der Waals surface area contributed by atoms with E-state index in [0.29, 0.717) is 18.1 Å². The van der Waals surface area contributed by atoms with Crippen molar-refractivity contribution < 1.29 is 18.7 Å². The number of nitrogens with one attached hydrogen (secondary N) is 3. The number of amidine groups is 1. The number of fused-ring (bicyclic) bond motifs is 1. The normalized spacial score (nSPS) is 17.4. The van der Waals surface area contributed by atoms with Crippen molar-refractivity contribution in [2.24, 2.45) is 5.10 Å². The molecule has 1 aliphatic heterocycles. The highest BCUT2D eigenvalue weighted by molar-refractivity contribution is 6.72. The van der Waals surface area contributed by atoms with Crippen LogP contribution in [0.15, 0.2) is 47.7 Å². The quantitative estimate of drug-likeness (QED) is 0.236. The van der Waals surface area contributed by atoms with Crippen molar-refractivity contribution in [3.63, 3.8) is 0 Å². The van der Waals surface area contributed by atoms with Crippen LogP contribution in [0.2, 0.25) is 18.1 Å². The summed E-state index contributed by atoms with van der Waals surface area (Å²) in [5, 5.41) is 15.7. The van der Waals surface area contributed by atoms with Crippen molar-refractivity contribution in [2.45, 2.75) is 64.3 Å². The number of hydrazone groups is 1. The summed E-state index contributed by atoms with van der Waals surface area (Å²) in [6.07, 6.45) is 3.63. The maximum atomic E-state index is 13.2. The second-order valence-electron chi connectivity index (χ2n) is 11.0. The molecule has 0 unspecified atom stereocenters. The van der Waals surface area contributed by atoms with E-state index in [1.165, 1.54) is 12.1 Å². The van der Waals surface area contributed by atoms with Crippen LogP contribution >= 0.6 is 0 Å². The zero-order valence-electron chi connectivity index (χ0n) is 22.6. The molecule has 204 valence electrons. The molecule has 2 heterocycles. The van der Waals surface area contributed by atoms with Gasteiger partial charge in [-0.25, -0.2) is 14.6 Å². The van der Waals surface area contributed by atoms with E-state index in [2.05, 4.69) is 40.1 Å². The number of rotatable bonds is 8. The van der Waals surface area contributed by atoms with Gasteiger partial charge in [0.25, 0.3) is 0 Å². The molecule has 1 aromatic heterocycles. The first-order valence-corrected chi connectivity index (χ1v) is 15.8. The predicted molar refractivity (Wildman–Crippen MR) is 150 cm³/mol. The number of aryl methyl sites for hydroxylation is 2. The minimum absolute atomic E-state index is 0.0872. The number of amides is 2. The summed E-state index contributed by atoms with van der Waals surface area (Å²) < 4.78 is 20.8. The van der Waals surface area contributed by atoms with Gasteiger partial charge in [0.2, 0.25) is 0 Å². The van der Waals surface area contributed by atoms with E-state index < -0.39 is 14.3 Å². The average molecular weight is 541 g/mol. The van der Waals surface area contributed by atoms with Gasteiger partial charge in [-0.2, -0.15) is 10.2 Å². The number of morpholine rings is 1. The van der Waals surface area contributed by atoms with E-state index in [1.807, 2.05) is 43.0 Å². The number of hydrogen-bond donors (Lipinski definition) is 4. The third kappa shape index (κ3) is 6.58. The van der Waals surface area contributed by atoms with Gasteiger partial charge in [0.05, 0.1) is 24.4 Å². The Morgan fingerprint density at radius 3 is 2.76 bits per heavy atom. The fourth-order valence-electron chi connectivity index (χ4n) is 4.30. The van der Waals surface area contributed by atoms with Gasteiger partial charge in [0, 0.05) is 17.6 Å². The summed E-state index contributed by atoms with van der Waals surface area (Å²) in [5.41, 5.74) is 5.90. The van der Waals surface area contributed by atoms with Crippen LogP contribution in [0.3, 0.4) is 0 Å². The Labute approximate surface area is 223 Å². The molecule has 4 rings (SSSR count). The molecule has 1 atom stereocenters. The largest absolute Gasteiger partial charge is 0.432 e. The predicted octanol–water partition coefficient (Wildman–Crippen LogP) is 5.04. The highest BCUT2D eigenvalue weighted by Crippen LogP contribution is 2.40. The Kier molecular flexibility index (Phi) is 8.19. The number of hydrogen-bond acceptors (Lipinski definition) is 5. The molecule has 0 saturated carbocycles. The molecular weight excluding hydrogens is 503 g/mol. The van der Waals surface area contributed by atoms with Crippen molar-refractivity contribution in [3.8, 4) is 0 Å². The van der Waals surface area contributed by atoms with Crippen molar-refractivity contribution in [1.29, 1.82) is 0 Å². The molecule has 0 radical (unpaired) electrons. The molecule has 11 heteroatoms. The molecule has 9 nitrogen and oxygen atoms in total. The summed E-state index contributed by atoms with van der Waals surface area (Å²) >= 11 is 0. The molecule has 4 N–H and O–H groups in total. The average Bonchev–Trinajstić information content (AvgIpc) is 3.24. The van der Waals surface area contributed by atoms with Crippen LogP contribution in [0.5, 0.6) is 0 Å². The van der Waals surface area contributed by atoms with E-state index >= 15 is 0 Å². The maximum absolute atomic E-state index is 13.2. The van der Waals surface area contributed by atoms with Crippen molar-refractivity contribution in [2.75, 3.05) is 18.5 Å². The summed E-state index contributed by atoms with van der Waals surface area (Å²) in [4.78, 5) is 23.2. The van der Waals surface area contributed by atoms with E-state index in [9.17, 15) is 14.0 Å². The number of carbonyl (C=O) groups is 1. The molecular formula is C27H37FN6O3Si. The number of halogens is 1. The van der Waals surface area contributed by atoms with E-state index in [-0.39, 0.29) is 23.5 Å². The minimum atomic E-state index is -2.26. The van der Waals surface area contributed by atoms with Gasteiger partial charge in [0.15, 0.2) is 8.32 Å². The minimum Gasteiger partial charge on any atom is -0.432 e. The summed E-state index contributed by atoms with van der Waals surface area (Å²) in [5.74, 6) is 0.174. The Balaban J connectivity index is 1.38. The van der Waals surface area contributed by atoms with Crippen LogP contribution < -0.4 is 16.1 Å². The summed E-state index contributed by atoms with van der Waals surface area (Å²) in [7, 11) is -2.26. The molecule has 2 amide bonds. The Bertz CT molecular complexity index is 1320. The molecule has 38 heavy (non-hydrogen) atoms. The number of aromatic nitrogens is 2. The molecule has 0 aliphatic carbocycles. The first kappa shape index (κ1) is 27.7. The zero-order valence-corrected chi connectivity index (χ0v) is 23.6. The number of benzene rings is 2. The topological polar surface area (TPSA) is 113 Å². The van der Waals surface area contributed by atoms with Gasteiger partial charge in [-0.05, 0) is 73.3 Å². The van der Waals surface area contributed by atoms with Crippen molar-refractivity contribution in [3.05, 3.63) is 59.5 Å². The van der Waals surface area contributed by atoms with E-state index in [0.717, 1.165) is 41.4 Å². The molecule has 1 fully saturated rings. The smallest absolute Gasteiger partial charge is 0.339 e. The van der Waals surface area contributed by atoms with Gasteiger partial charge >= 0.3 is 6.03 Å². The molecule has 0 spiro atoms. The molecule has 1 saturated heterocycles. The van der Waals surface area contributed by atoms with Crippen LogP contribution in [-0.4, -0.2) is 48.0 Å². The van der Waals surface area contributed by atoms with Gasteiger partial charge in [-0.3, -0.25) is 4.68 Å². The van der Waals surface area contributed by atoms with E-state index in [1.54, 1.807) is 12.1 Å². The van der Waals surface area contributed by atoms with Gasteiger partial charge in [0.1, 0.15) is 18.3 Å². The van der Waals surface area contributed by atoms with Gasteiger partial charge < -0.3 is 20.2 Å². The number of nitrogens with zero attached hydrogens (tertiary/aromatic N) is 3. The Morgan fingerprint density at radius 1 is 1.32 bits per heavy atom. The van der Waals surface area contributed by atoms with Crippen molar-refractivity contribution >= 4 is 36.8 Å². The van der Waals surface area contributed by atoms with E-state index in [4.69, 9.17) is 4.74 Å². The third-order valence-electron chi connectivity index (χ3n) is 7.49. The number of carbonyl (C=O) groups excluding carboxylic acids is 1. The number of anilines is 1. The standard InChI is InChI=1S/C27H37FN6O3Si/c1-18-13-20-15-29-34(12-6-11-27(2,3)38(4,5)36)24(20)14-22(18)31-26(35)33-32-25-17-37-16-23(30-25)19-7-9-21(28)10-8-19/h7-10,13-15,23,36H,6,11-12,16-17H2,1-5H3,(H,30,32)(H2,31,33,35)/t23-/m0/s1. The first-order valence-electron chi connectivity index (χ1n) is 12.8. The monoisotopic (exact) mass is 540 g/mol. The fourth-order valence-corrected chi connectivity index (χ4v) is 5.08. The molecule has 2 aromatic carbocycles. The van der Waals surface area contributed by atoms with Gasteiger partial charge in [-0.15, -0.1) is 0 Å². The molecule has 3 aromatic rings. The Hall–Kier alpha value is -3.28. The lowest BCUT2D eigenvalue weighted by atomic mass is 10.1. The highest BCUT2D eigenvalue weighted by atomic mass is 28.4. The zero-order chi connectivity index (χ0) is 27.5. The maximum Gasteiger partial charge on any atom is 0.339 e. The highest BCUT2D eigenvalue weighted by Gasteiger charge is 2.37. The second kappa shape index (κ2) is 11.2. The van der Waals surface area contributed by atoms with Crippen molar-refractivity contribution in [1.82, 2.24) is 20.5 Å². The first-order chi connectivity index (χ1) is 17.9. The lowest BCUT2D eigenvalue weighted by Crippen LogP contribution is -2.41. The van der Waals surface area contributed by atoms with Crippen LogP contribution in [0.1, 0.15) is 43.9 Å². The number of ether oxygens (including phenoxy) is 1. The molecule has 0 bridgehead atoms. The van der Waals surface area contributed by atoms with Crippen LogP contribution in [-0.2, 0) is 11.3 Å². The Morgan fingerprint density at radius 2 is 2.05 bits per heavy atom. The van der Waals surface area contributed by atoms with Crippen LogP contribution in [0.4, 0.5) is 14.9 Å².